The quantitative estimate of drug-likeness (QED) is 0.631. The fourth-order valence-corrected chi connectivity index (χ4v) is 4.32. The van der Waals surface area contributed by atoms with Crippen LogP contribution in [-0.4, -0.2) is 44.3 Å². The third-order valence-electron chi connectivity index (χ3n) is 4.12. The molecule has 0 spiro atoms. The maximum Gasteiger partial charge on any atom is 0.212 e. The van der Waals surface area contributed by atoms with Gasteiger partial charge in [-0.3, -0.25) is 4.90 Å². The van der Waals surface area contributed by atoms with Crippen molar-refractivity contribution in [3.05, 3.63) is 45.9 Å². The summed E-state index contributed by atoms with van der Waals surface area (Å²) in [5, 5.41) is 2.79. The number of aryl methyl sites for hydroxylation is 1. The Morgan fingerprint density at radius 3 is 2.73 bits per heavy atom. The first kappa shape index (κ1) is 20.8. The summed E-state index contributed by atoms with van der Waals surface area (Å²) in [5.74, 6) is 0.772. The largest absolute Gasteiger partial charge is 0.497 e. The molecule has 1 N–H and O–H groups in total. The van der Waals surface area contributed by atoms with E-state index in [0.29, 0.717) is 6.42 Å². The van der Waals surface area contributed by atoms with Crippen LogP contribution in [0.5, 0.6) is 5.75 Å². The average molecular weight is 398 g/mol. The molecule has 0 aliphatic heterocycles. The number of sulfonamides is 1. The van der Waals surface area contributed by atoms with E-state index in [4.69, 9.17) is 4.74 Å². The van der Waals surface area contributed by atoms with Gasteiger partial charge in [-0.25, -0.2) is 18.1 Å². The molecule has 1 aromatic heterocycles. The van der Waals surface area contributed by atoms with Crippen LogP contribution in [-0.2, 0) is 29.5 Å². The fraction of sp³-hybridized carbons (Fsp3) is 0.500. The molecule has 0 saturated carbocycles. The van der Waals surface area contributed by atoms with E-state index in [0.717, 1.165) is 41.6 Å². The molecule has 0 aliphatic rings. The molecule has 0 bridgehead atoms. The second-order valence-electron chi connectivity index (χ2n) is 5.94. The van der Waals surface area contributed by atoms with Crippen molar-refractivity contribution in [2.45, 2.75) is 33.4 Å². The molecule has 0 amide bonds. The molecule has 6 nitrogen and oxygen atoms in total. The minimum atomic E-state index is -3.36. The zero-order valence-corrected chi connectivity index (χ0v) is 17.2. The summed E-state index contributed by atoms with van der Waals surface area (Å²) in [7, 11) is -1.76. The lowest BCUT2D eigenvalue weighted by atomic mass is 10.2. The smallest absolute Gasteiger partial charge is 0.212 e. The van der Waals surface area contributed by atoms with Crippen molar-refractivity contribution in [1.82, 2.24) is 14.6 Å². The van der Waals surface area contributed by atoms with E-state index in [2.05, 4.69) is 28.5 Å². The molecule has 0 atom stereocenters. The van der Waals surface area contributed by atoms with Crippen molar-refractivity contribution in [2.75, 3.05) is 26.0 Å². The zero-order valence-electron chi connectivity index (χ0n) is 15.6. The maximum atomic E-state index is 12.2. The number of hydrogen-bond acceptors (Lipinski definition) is 6. The predicted octanol–water partition coefficient (Wildman–Crippen LogP) is 2.66. The average Bonchev–Trinajstić information content (AvgIpc) is 3.11. The first-order chi connectivity index (χ1) is 12.5. The van der Waals surface area contributed by atoms with Gasteiger partial charge in [-0.2, -0.15) is 0 Å². The van der Waals surface area contributed by atoms with Gasteiger partial charge in [0.05, 0.1) is 25.1 Å². The van der Waals surface area contributed by atoms with Gasteiger partial charge >= 0.3 is 0 Å². The Bertz CT molecular complexity index is 786. The molecule has 26 heavy (non-hydrogen) atoms. The monoisotopic (exact) mass is 397 g/mol. The van der Waals surface area contributed by atoms with E-state index in [9.17, 15) is 8.42 Å². The van der Waals surface area contributed by atoms with Crippen molar-refractivity contribution < 1.29 is 13.2 Å². The van der Waals surface area contributed by atoms with Crippen LogP contribution in [0.15, 0.2) is 29.6 Å². The van der Waals surface area contributed by atoms with Crippen LogP contribution in [0.2, 0.25) is 0 Å². The fourth-order valence-electron chi connectivity index (χ4n) is 2.50. The van der Waals surface area contributed by atoms with Crippen LogP contribution in [0, 0.1) is 0 Å². The lowest BCUT2D eigenvalue weighted by molar-refractivity contribution is 0.292. The Balaban J connectivity index is 1.84. The van der Waals surface area contributed by atoms with Crippen LogP contribution in [0.25, 0.3) is 0 Å². The van der Waals surface area contributed by atoms with Crippen molar-refractivity contribution in [1.29, 1.82) is 0 Å². The van der Waals surface area contributed by atoms with Gasteiger partial charge < -0.3 is 4.74 Å². The molecule has 0 saturated heterocycles. The molecule has 1 heterocycles. The second-order valence-corrected chi connectivity index (χ2v) is 8.80. The molecule has 0 unspecified atom stereocenters. The number of hydrogen-bond donors (Lipinski definition) is 1. The molecule has 1 aromatic carbocycles. The van der Waals surface area contributed by atoms with E-state index >= 15 is 0 Å². The van der Waals surface area contributed by atoms with E-state index in [-0.39, 0.29) is 12.3 Å². The number of nitrogens with one attached hydrogen (secondary N) is 1. The van der Waals surface area contributed by atoms with E-state index in [1.54, 1.807) is 7.11 Å². The first-order valence-corrected chi connectivity index (χ1v) is 11.2. The normalized spacial score (nSPS) is 11.8. The maximum absolute atomic E-state index is 12.2. The molecule has 2 aromatic rings. The summed E-state index contributed by atoms with van der Waals surface area (Å²) in [6.45, 7) is 7.22. The molecule has 8 heteroatoms. The van der Waals surface area contributed by atoms with E-state index in [1.807, 2.05) is 29.6 Å². The van der Waals surface area contributed by atoms with E-state index < -0.39 is 10.0 Å². The summed E-state index contributed by atoms with van der Waals surface area (Å²) < 4.78 is 32.3. The summed E-state index contributed by atoms with van der Waals surface area (Å²) >= 11 is 1.49. The third kappa shape index (κ3) is 6.68. The second kappa shape index (κ2) is 10.0. The Labute approximate surface area is 160 Å². The van der Waals surface area contributed by atoms with Crippen LogP contribution >= 0.6 is 11.3 Å². The van der Waals surface area contributed by atoms with E-state index in [1.165, 1.54) is 11.3 Å². The standard InChI is InChI=1S/C18H27N3O3S2/c1-4-21(5-2)13-16-14-25-18(20-16)12-19-26(22,23)10-9-15-7-6-8-17(11-15)24-3/h6-8,11,14,19H,4-5,9-10,12-13H2,1-3H3. The number of methoxy groups -OCH3 is 1. The van der Waals surface area contributed by atoms with Gasteiger partial charge in [-0.15, -0.1) is 11.3 Å². The summed E-state index contributed by atoms with van der Waals surface area (Å²) in [5.41, 5.74) is 1.93. The summed E-state index contributed by atoms with van der Waals surface area (Å²) in [6, 6.07) is 7.46. The topological polar surface area (TPSA) is 71.5 Å². The Hall–Kier alpha value is -1.48. The van der Waals surface area contributed by atoms with Gasteiger partial charge in [-0.1, -0.05) is 26.0 Å². The highest BCUT2D eigenvalue weighted by Crippen LogP contribution is 2.14. The number of ether oxygens (including phenoxy) is 1. The van der Waals surface area contributed by atoms with Gasteiger partial charge in [0.25, 0.3) is 0 Å². The van der Waals surface area contributed by atoms with Gasteiger partial charge in [0.15, 0.2) is 0 Å². The van der Waals surface area contributed by atoms with Gasteiger partial charge in [0, 0.05) is 11.9 Å². The van der Waals surface area contributed by atoms with Gasteiger partial charge in [0.1, 0.15) is 10.8 Å². The van der Waals surface area contributed by atoms with Gasteiger partial charge in [0.2, 0.25) is 10.0 Å². The van der Waals surface area contributed by atoms with Crippen molar-refractivity contribution in [3.63, 3.8) is 0 Å². The number of thiazole rings is 1. The predicted molar refractivity (Wildman–Crippen MR) is 106 cm³/mol. The Morgan fingerprint density at radius 1 is 1.27 bits per heavy atom. The lowest BCUT2D eigenvalue weighted by Crippen LogP contribution is -2.27. The number of rotatable bonds is 11. The Morgan fingerprint density at radius 2 is 2.04 bits per heavy atom. The minimum absolute atomic E-state index is 0.0395. The van der Waals surface area contributed by atoms with Crippen molar-refractivity contribution in [3.8, 4) is 5.75 Å². The lowest BCUT2D eigenvalue weighted by Gasteiger charge is -2.15. The summed E-state index contributed by atoms with van der Waals surface area (Å²) in [4.78, 5) is 6.80. The summed E-state index contributed by atoms with van der Waals surface area (Å²) in [6.07, 6.45) is 0.442. The highest BCUT2D eigenvalue weighted by molar-refractivity contribution is 7.89. The SMILES string of the molecule is CCN(CC)Cc1csc(CNS(=O)(=O)CCc2cccc(OC)c2)n1. The number of aromatic nitrogens is 1. The molecule has 0 fully saturated rings. The zero-order chi connectivity index (χ0) is 19.0. The molecule has 0 aliphatic carbocycles. The molecule has 144 valence electrons. The highest BCUT2D eigenvalue weighted by Gasteiger charge is 2.13. The van der Waals surface area contributed by atoms with Crippen LogP contribution in [0.4, 0.5) is 0 Å². The van der Waals surface area contributed by atoms with Crippen molar-refractivity contribution in [2.24, 2.45) is 0 Å². The third-order valence-corrected chi connectivity index (χ3v) is 6.34. The van der Waals surface area contributed by atoms with Crippen molar-refractivity contribution >= 4 is 21.4 Å². The molecule has 0 radical (unpaired) electrons. The number of benzene rings is 1. The van der Waals surface area contributed by atoms with Crippen LogP contribution in [0.1, 0.15) is 30.1 Å². The van der Waals surface area contributed by atoms with Crippen LogP contribution < -0.4 is 9.46 Å². The first-order valence-electron chi connectivity index (χ1n) is 8.71. The van der Waals surface area contributed by atoms with Crippen LogP contribution in [0.3, 0.4) is 0 Å². The molecular weight excluding hydrogens is 370 g/mol. The highest BCUT2D eigenvalue weighted by atomic mass is 32.2. The molecule has 2 rings (SSSR count). The van der Waals surface area contributed by atoms with Gasteiger partial charge in [-0.05, 0) is 37.2 Å². The molecular formula is C18H27N3O3S2. The minimum Gasteiger partial charge on any atom is -0.497 e. The number of nitrogens with zero attached hydrogens (tertiary/aromatic N) is 2. The Kier molecular flexibility index (Phi) is 8.02.